The molecule has 156 valence electrons. The molecule has 0 radical (unpaired) electrons. The Kier molecular flexibility index (Phi) is 12.8. The lowest BCUT2D eigenvalue weighted by molar-refractivity contribution is -0.142. The number of thioether (sulfide) groups is 1. The molecule has 13 heteroatoms. The molecule has 0 aliphatic rings. The van der Waals surface area contributed by atoms with E-state index in [2.05, 4.69) is 28.6 Å². The normalized spacial score (nSPS) is 15.1. The van der Waals surface area contributed by atoms with Crippen LogP contribution >= 0.6 is 24.4 Å². The molecule has 3 amide bonds. The molecule has 0 aliphatic heterocycles. The van der Waals surface area contributed by atoms with E-state index < -0.39 is 61.1 Å². The number of aliphatic hydroxyl groups excluding tert-OH is 2. The van der Waals surface area contributed by atoms with Crippen molar-refractivity contribution in [3.8, 4) is 0 Å². The summed E-state index contributed by atoms with van der Waals surface area (Å²) in [6.45, 7) is -1.59. The van der Waals surface area contributed by atoms with Crippen LogP contribution in [0.1, 0.15) is 6.42 Å². The van der Waals surface area contributed by atoms with Gasteiger partial charge in [0.05, 0.1) is 19.3 Å². The minimum Gasteiger partial charge on any atom is -0.480 e. The number of carbonyl (C=O) groups is 4. The SMILES string of the molecule is CSCCC(N)C(=O)NC(CO)C(=O)NC(CO)C(=O)NC(CS)C(=O)O. The Morgan fingerprint density at radius 2 is 1.41 bits per heavy atom. The second-order valence-electron chi connectivity index (χ2n) is 5.46. The Morgan fingerprint density at radius 3 is 1.78 bits per heavy atom. The Balaban J connectivity index is 4.83. The highest BCUT2D eigenvalue weighted by molar-refractivity contribution is 7.98. The van der Waals surface area contributed by atoms with Crippen molar-refractivity contribution in [2.75, 3.05) is 31.0 Å². The topological polar surface area (TPSA) is 191 Å². The van der Waals surface area contributed by atoms with Crippen LogP contribution in [-0.2, 0) is 19.2 Å². The third-order valence-corrected chi connectivity index (χ3v) is 4.41. The van der Waals surface area contributed by atoms with E-state index in [9.17, 15) is 29.4 Å². The van der Waals surface area contributed by atoms with Gasteiger partial charge in [-0.05, 0) is 18.4 Å². The molecule has 0 saturated carbocycles. The predicted molar refractivity (Wildman–Crippen MR) is 102 cm³/mol. The minimum atomic E-state index is -1.48. The van der Waals surface area contributed by atoms with Gasteiger partial charge >= 0.3 is 5.97 Å². The molecule has 4 unspecified atom stereocenters. The Labute approximate surface area is 166 Å². The zero-order valence-electron chi connectivity index (χ0n) is 14.8. The van der Waals surface area contributed by atoms with Gasteiger partial charge in [0.2, 0.25) is 17.7 Å². The van der Waals surface area contributed by atoms with Gasteiger partial charge in [0.25, 0.3) is 0 Å². The van der Waals surface area contributed by atoms with Crippen molar-refractivity contribution in [1.82, 2.24) is 16.0 Å². The number of carbonyl (C=O) groups excluding carboxylic acids is 3. The molecule has 0 aromatic heterocycles. The molecular weight excluding hydrogens is 400 g/mol. The highest BCUT2D eigenvalue weighted by atomic mass is 32.2. The van der Waals surface area contributed by atoms with Gasteiger partial charge in [0.1, 0.15) is 18.1 Å². The van der Waals surface area contributed by atoms with Crippen molar-refractivity contribution in [1.29, 1.82) is 0 Å². The maximum Gasteiger partial charge on any atom is 0.327 e. The lowest BCUT2D eigenvalue weighted by atomic mass is 10.2. The van der Waals surface area contributed by atoms with E-state index in [1.165, 1.54) is 11.8 Å². The average Bonchev–Trinajstić information content (AvgIpc) is 2.65. The Bertz CT molecular complexity index is 524. The number of rotatable bonds is 13. The van der Waals surface area contributed by atoms with E-state index in [1.807, 2.05) is 6.26 Å². The minimum absolute atomic E-state index is 0.198. The number of thiol groups is 1. The van der Waals surface area contributed by atoms with Crippen molar-refractivity contribution < 1.29 is 34.5 Å². The van der Waals surface area contributed by atoms with Gasteiger partial charge in [0.15, 0.2) is 0 Å². The van der Waals surface area contributed by atoms with E-state index in [0.717, 1.165) is 0 Å². The Hall–Kier alpha value is -1.54. The first-order valence-electron chi connectivity index (χ1n) is 7.92. The lowest BCUT2D eigenvalue weighted by Gasteiger charge is -2.23. The van der Waals surface area contributed by atoms with Crippen molar-refractivity contribution >= 4 is 48.1 Å². The number of amides is 3. The highest BCUT2D eigenvalue weighted by Gasteiger charge is 2.29. The van der Waals surface area contributed by atoms with Crippen LogP contribution in [0.25, 0.3) is 0 Å². The van der Waals surface area contributed by atoms with Crippen molar-refractivity contribution in [3.63, 3.8) is 0 Å². The molecule has 0 bridgehead atoms. The summed E-state index contributed by atoms with van der Waals surface area (Å²) in [5.74, 6) is -3.43. The number of nitrogens with one attached hydrogen (secondary N) is 3. The van der Waals surface area contributed by atoms with Crippen LogP contribution < -0.4 is 21.7 Å². The summed E-state index contributed by atoms with van der Waals surface area (Å²) in [6, 6.07) is -5.05. The van der Waals surface area contributed by atoms with Gasteiger partial charge in [-0.25, -0.2) is 4.79 Å². The number of carboxylic acid groups (broad SMARTS) is 1. The van der Waals surface area contributed by atoms with E-state index in [0.29, 0.717) is 12.2 Å². The van der Waals surface area contributed by atoms with Crippen LogP contribution in [0.15, 0.2) is 0 Å². The molecule has 0 rings (SSSR count). The molecule has 4 atom stereocenters. The van der Waals surface area contributed by atoms with Crippen LogP contribution in [0.4, 0.5) is 0 Å². The van der Waals surface area contributed by atoms with Crippen LogP contribution in [-0.4, -0.2) is 94.2 Å². The molecule has 0 aromatic rings. The smallest absolute Gasteiger partial charge is 0.327 e. The third-order valence-electron chi connectivity index (χ3n) is 3.40. The summed E-state index contributed by atoms with van der Waals surface area (Å²) in [5, 5.41) is 34.0. The molecule has 0 heterocycles. The number of hydrogen-bond donors (Lipinski definition) is 8. The van der Waals surface area contributed by atoms with Crippen molar-refractivity contribution in [3.05, 3.63) is 0 Å². The van der Waals surface area contributed by atoms with E-state index in [4.69, 9.17) is 10.8 Å². The van der Waals surface area contributed by atoms with E-state index in [1.54, 1.807) is 0 Å². The van der Waals surface area contributed by atoms with Crippen LogP contribution in [0.3, 0.4) is 0 Å². The first kappa shape index (κ1) is 25.5. The number of nitrogens with two attached hydrogens (primary N) is 1. The van der Waals surface area contributed by atoms with Crippen LogP contribution in [0.2, 0.25) is 0 Å². The average molecular weight is 427 g/mol. The number of aliphatic hydroxyl groups is 2. The molecule has 27 heavy (non-hydrogen) atoms. The molecule has 0 fully saturated rings. The standard InChI is InChI=1S/C14H26N4O7S2/c1-27-3-2-7(15)11(21)16-8(4-19)12(22)17-9(5-20)13(23)18-10(6-26)14(24)25/h7-10,19-20,26H,2-6,15H2,1H3,(H,16,21)(H,17,22)(H,18,23)(H,24,25). The summed E-state index contributed by atoms with van der Waals surface area (Å²) in [6.07, 6.45) is 2.21. The third kappa shape index (κ3) is 9.28. The summed E-state index contributed by atoms with van der Waals surface area (Å²) in [5.41, 5.74) is 5.67. The van der Waals surface area contributed by atoms with Crippen LogP contribution in [0, 0.1) is 0 Å². The zero-order valence-corrected chi connectivity index (χ0v) is 16.5. The first-order chi connectivity index (χ1) is 12.7. The second kappa shape index (κ2) is 13.6. The van der Waals surface area contributed by atoms with Gasteiger partial charge in [-0.3, -0.25) is 14.4 Å². The molecule has 11 nitrogen and oxygen atoms in total. The molecular formula is C14H26N4O7S2. The Morgan fingerprint density at radius 1 is 0.963 bits per heavy atom. The predicted octanol–water partition coefficient (Wildman–Crippen LogP) is -3.48. The summed E-state index contributed by atoms with van der Waals surface area (Å²) in [4.78, 5) is 47.0. The maximum absolute atomic E-state index is 12.2. The van der Waals surface area contributed by atoms with Crippen LogP contribution in [0.5, 0.6) is 0 Å². The first-order valence-corrected chi connectivity index (χ1v) is 9.95. The van der Waals surface area contributed by atoms with Gasteiger partial charge in [-0.15, -0.1) is 0 Å². The summed E-state index contributed by atoms with van der Waals surface area (Å²) < 4.78 is 0. The number of aliphatic carboxylic acids is 1. The fraction of sp³-hybridized carbons (Fsp3) is 0.714. The summed E-state index contributed by atoms with van der Waals surface area (Å²) in [7, 11) is 0. The fourth-order valence-electron chi connectivity index (χ4n) is 1.77. The highest BCUT2D eigenvalue weighted by Crippen LogP contribution is 1.99. The van der Waals surface area contributed by atoms with Crippen molar-refractivity contribution in [2.24, 2.45) is 5.73 Å². The summed E-state index contributed by atoms with van der Waals surface area (Å²) >= 11 is 5.28. The lowest BCUT2D eigenvalue weighted by Crippen LogP contribution is -2.59. The van der Waals surface area contributed by atoms with Crippen molar-refractivity contribution in [2.45, 2.75) is 30.6 Å². The largest absolute Gasteiger partial charge is 0.480 e. The number of carboxylic acids is 1. The molecule has 0 saturated heterocycles. The zero-order chi connectivity index (χ0) is 21.0. The quantitative estimate of drug-likeness (QED) is 0.138. The van der Waals surface area contributed by atoms with Gasteiger partial charge in [-0.2, -0.15) is 24.4 Å². The monoisotopic (exact) mass is 426 g/mol. The maximum atomic E-state index is 12.2. The second-order valence-corrected chi connectivity index (χ2v) is 6.81. The molecule has 0 spiro atoms. The molecule has 0 aromatic carbocycles. The van der Waals surface area contributed by atoms with Gasteiger partial charge in [0, 0.05) is 5.75 Å². The van der Waals surface area contributed by atoms with E-state index >= 15 is 0 Å². The van der Waals surface area contributed by atoms with E-state index in [-0.39, 0.29) is 5.75 Å². The fourth-order valence-corrected chi connectivity index (χ4v) is 2.51. The van der Waals surface area contributed by atoms with Gasteiger partial charge < -0.3 is 37.0 Å². The van der Waals surface area contributed by atoms with Gasteiger partial charge in [-0.1, -0.05) is 0 Å². The molecule has 8 N–H and O–H groups in total. The molecule has 0 aliphatic carbocycles. The number of hydrogen-bond acceptors (Lipinski definition) is 9.